The molecule has 3 fully saturated rings. The number of nitrogens with one attached hydrogen (secondary N) is 3. The maximum atomic E-state index is 14.8. The van der Waals surface area contributed by atoms with Gasteiger partial charge in [-0.15, -0.1) is 11.3 Å². The van der Waals surface area contributed by atoms with Gasteiger partial charge in [-0.25, -0.2) is 0 Å². The van der Waals surface area contributed by atoms with Gasteiger partial charge in [-0.05, 0) is 78.8 Å². The summed E-state index contributed by atoms with van der Waals surface area (Å²) in [7, 11) is -5.85. The zero-order valence-electron chi connectivity index (χ0n) is 42.1. The van der Waals surface area contributed by atoms with Gasteiger partial charge in [0.05, 0.1) is 22.1 Å². The predicted molar refractivity (Wildman–Crippen MR) is 275 cm³/mol. The Balaban J connectivity index is 0.872. The Morgan fingerprint density at radius 2 is 1.70 bits per heavy atom. The zero-order valence-corrected chi connectivity index (χ0v) is 43.9. The van der Waals surface area contributed by atoms with Gasteiger partial charge >= 0.3 is 13.3 Å². The number of ether oxygens (including phenoxy) is 1. The normalized spacial score (nSPS) is 20.5. The summed E-state index contributed by atoms with van der Waals surface area (Å²) in [5.41, 5.74) is -4.57. The molecule has 3 aromatic carbocycles. The smallest absolute Gasteiger partial charge is 0.366 e. The fourth-order valence-electron chi connectivity index (χ4n) is 10.1. The Morgan fingerprint density at radius 1 is 0.934 bits per heavy atom. The molecule has 3 saturated heterocycles. The van der Waals surface area contributed by atoms with Gasteiger partial charge in [-0.1, -0.05) is 81.5 Å². The van der Waals surface area contributed by atoms with Crippen LogP contribution in [-0.2, 0) is 38.9 Å². The van der Waals surface area contributed by atoms with E-state index in [2.05, 4.69) is 27.8 Å². The third-order valence-electron chi connectivity index (χ3n) is 14.1. The van der Waals surface area contributed by atoms with Crippen molar-refractivity contribution in [3.63, 3.8) is 0 Å². The average Bonchev–Trinajstić information content (AvgIpc) is 4.09. The number of imide groups is 2. The molecule has 5 N–H and O–H groups in total. The van der Waals surface area contributed by atoms with Gasteiger partial charge in [0.2, 0.25) is 29.5 Å². The maximum absolute atomic E-state index is 14.8. The second-order valence-electron chi connectivity index (χ2n) is 20.6. The summed E-state index contributed by atoms with van der Waals surface area (Å²) >= 11 is 0.944. The van der Waals surface area contributed by atoms with Crippen molar-refractivity contribution in [1.82, 2.24) is 30.7 Å². The van der Waals surface area contributed by atoms with Gasteiger partial charge < -0.3 is 35.0 Å². The Bertz CT molecular complexity index is 3070. The highest BCUT2D eigenvalue weighted by Crippen LogP contribution is 2.59. The van der Waals surface area contributed by atoms with Crippen molar-refractivity contribution < 1.29 is 66.2 Å². The molecule has 8 amide bonds. The molecule has 4 aromatic rings. The summed E-state index contributed by atoms with van der Waals surface area (Å²) in [5.74, 6) is 1.76. The first kappa shape index (κ1) is 55.5. The van der Waals surface area contributed by atoms with Crippen LogP contribution in [0.1, 0.15) is 132 Å². The van der Waals surface area contributed by atoms with Crippen molar-refractivity contribution in [2.45, 2.75) is 114 Å². The number of carbonyl (C=O) groups excluding carboxylic acids is 8. The van der Waals surface area contributed by atoms with E-state index in [-0.39, 0.29) is 65.6 Å². The van der Waals surface area contributed by atoms with Gasteiger partial charge in [0.25, 0.3) is 17.7 Å². The predicted octanol–water partition coefficient (Wildman–Crippen LogP) is 5.79. The number of rotatable bonds is 16. The van der Waals surface area contributed by atoms with Gasteiger partial charge in [-0.2, -0.15) is 8.78 Å². The molecule has 8 rings (SSSR count). The third kappa shape index (κ3) is 12.1. The fraction of sp³-hybridized carbons (Fsp3) is 0.444. The number of benzene rings is 3. The van der Waals surface area contributed by atoms with Gasteiger partial charge in [0.1, 0.15) is 24.7 Å². The van der Waals surface area contributed by atoms with Crippen LogP contribution in [0.2, 0.25) is 0 Å². The average molecular weight is 1090 g/mol. The van der Waals surface area contributed by atoms with Crippen LogP contribution in [0.3, 0.4) is 0 Å². The Kier molecular flexibility index (Phi) is 16.7. The molecule has 0 bridgehead atoms. The molecule has 1 aromatic heterocycles. The van der Waals surface area contributed by atoms with Gasteiger partial charge in [-0.3, -0.25) is 53.1 Å². The number of thiophene rings is 1. The molecule has 22 heteroatoms. The van der Waals surface area contributed by atoms with Crippen LogP contribution in [-0.4, -0.2) is 129 Å². The molecular formula is C54H59F2N6O12PS. The van der Waals surface area contributed by atoms with Gasteiger partial charge in [0.15, 0.2) is 0 Å². The van der Waals surface area contributed by atoms with E-state index in [4.69, 9.17) is 4.74 Å². The first-order valence-electron chi connectivity index (χ1n) is 25.2. The summed E-state index contributed by atoms with van der Waals surface area (Å²) in [4.78, 5) is 130. The maximum Gasteiger partial charge on any atom is 0.399 e. The van der Waals surface area contributed by atoms with E-state index < -0.39 is 89.8 Å². The van der Waals surface area contributed by atoms with Crippen molar-refractivity contribution in [2.24, 2.45) is 5.41 Å². The molecule has 0 aliphatic carbocycles. The quantitative estimate of drug-likeness (QED) is 0.0387. The third-order valence-corrected chi connectivity index (χ3v) is 16.2. The number of alkyl halides is 2. The molecular weight excluding hydrogens is 1030 g/mol. The lowest BCUT2D eigenvalue weighted by molar-refractivity contribution is -0.147. The van der Waals surface area contributed by atoms with Crippen LogP contribution in [0, 0.1) is 17.3 Å². The number of halogens is 2. The highest BCUT2D eigenvalue weighted by Gasteiger charge is 2.51. The van der Waals surface area contributed by atoms with E-state index >= 15 is 0 Å². The van der Waals surface area contributed by atoms with E-state index in [0.717, 1.165) is 46.8 Å². The Labute approximate surface area is 441 Å². The minimum Gasteiger partial charge on any atom is -0.366 e. The largest absolute Gasteiger partial charge is 0.399 e. The summed E-state index contributed by atoms with van der Waals surface area (Å²) in [6.45, 7) is 6.06. The number of hydrogen-bond acceptors (Lipinski definition) is 11. The lowest BCUT2D eigenvalue weighted by Crippen LogP contribution is -2.58. The number of likely N-dealkylation sites (tertiary alicyclic amines) is 2. The highest BCUT2D eigenvalue weighted by atomic mass is 32.1. The van der Waals surface area contributed by atoms with Gasteiger partial charge in [0, 0.05) is 67.2 Å². The first-order chi connectivity index (χ1) is 36.0. The number of fused-ring (bicyclic) bond motifs is 2. The Hall–Kier alpha value is -6.69. The summed E-state index contributed by atoms with van der Waals surface area (Å²) in [5, 5.41) is 7.99. The topological polar surface area (TPSA) is 249 Å². The summed E-state index contributed by atoms with van der Waals surface area (Å²) in [6, 6.07) is 15.7. The molecule has 402 valence electrons. The van der Waals surface area contributed by atoms with Crippen molar-refractivity contribution in [2.75, 3.05) is 32.8 Å². The second-order valence-corrected chi connectivity index (χ2v) is 23.3. The van der Waals surface area contributed by atoms with Crippen molar-refractivity contribution >= 4 is 76.3 Å². The van der Waals surface area contributed by atoms with Crippen LogP contribution in [0.25, 0.3) is 10.1 Å². The molecule has 18 nitrogen and oxygen atoms in total. The van der Waals surface area contributed by atoms with Crippen LogP contribution >= 0.6 is 18.9 Å². The Morgan fingerprint density at radius 3 is 2.42 bits per heavy atom. The van der Waals surface area contributed by atoms with Crippen molar-refractivity contribution in [3.8, 4) is 11.8 Å². The number of piperidine rings is 2. The first-order valence-corrected chi connectivity index (χ1v) is 27.6. The molecule has 4 aliphatic heterocycles. The van der Waals surface area contributed by atoms with E-state index in [1.807, 2.05) is 30.3 Å². The molecule has 2 unspecified atom stereocenters. The molecule has 0 saturated carbocycles. The van der Waals surface area contributed by atoms with Crippen molar-refractivity contribution in [1.29, 1.82) is 0 Å². The SMILES string of the molecule is CC(C)(C)[C@H](NC(=O)c1cc2cc(C(F)(F)P(=O)(O)O)ccc2s1)C(=O)N1C[C@@H](OCC(=O)NCCCCCC#Cc2cccc3c2C(=O)N(C2CCC(=O)NC2=O)C3=O)C[C@H]1C(=O)N1CCCC(c2ccccc2)C1. The van der Waals surface area contributed by atoms with E-state index in [9.17, 15) is 61.5 Å². The molecule has 5 heterocycles. The molecule has 4 aliphatic rings. The highest BCUT2D eigenvalue weighted by molar-refractivity contribution is 7.52. The van der Waals surface area contributed by atoms with E-state index in [1.54, 1.807) is 37.8 Å². The van der Waals surface area contributed by atoms with Crippen LogP contribution in [0.5, 0.6) is 0 Å². The summed E-state index contributed by atoms with van der Waals surface area (Å²) < 4.78 is 47.2. The number of hydrogen-bond donors (Lipinski definition) is 5. The minimum absolute atomic E-state index is 0.0108. The van der Waals surface area contributed by atoms with E-state index in [1.165, 1.54) is 23.1 Å². The lowest BCUT2D eigenvalue weighted by atomic mass is 9.85. The lowest BCUT2D eigenvalue weighted by Gasteiger charge is -2.38. The van der Waals surface area contributed by atoms with Crippen LogP contribution in [0.4, 0.5) is 8.78 Å². The fourth-order valence-corrected chi connectivity index (χ4v) is 11.5. The zero-order chi connectivity index (χ0) is 54.7. The molecule has 0 spiro atoms. The van der Waals surface area contributed by atoms with Crippen molar-refractivity contribution in [3.05, 3.63) is 105 Å². The van der Waals surface area contributed by atoms with E-state index in [0.29, 0.717) is 55.6 Å². The second kappa shape index (κ2) is 22.9. The monoisotopic (exact) mass is 1080 g/mol. The molecule has 76 heavy (non-hydrogen) atoms. The number of unbranched alkanes of at least 4 members (excludes halogenated alkanes) is 3. The number of nitrogens with zero attached hydrogens (tertiary/aromatic N) is 3. The standard InChI is InChI=1S/C54H59F2N6O12PS/c1-53(2,3)46(59-48(66)42-27-35-26-36(20-22-41(35)76-42)54(55,56)75(71,72)73)52(70)61-30-37(28-40(61)50(68)60-25-13-18-34(29-60)32-14-9-7-10-15-32)74-31-44(64)57-24-11-6-4-5-8-16-33-17-12-19-38-45(33)51(69)62(49(38)67)39-21-23-43(63)58-47(39)65/h7,9-10,12,14-15,17,19-20,22,26-27,34,37,39-40,46H,4-6,11,13,18,21,23-25,28-31H2,1-3H3,(H,57,64)(H,59,66)(H,58,63,65)(H2,71,72,73)/t34?,37-,39?,40-,46+/m0/s1. The molecule has 0 radical (unpaired) electrons. The number of amides is 8. The number of carbonyl (C=O) groups is 8. The minimum atomic E-state index is -5.85. The van der Waals surface area contributed by atoms with Crippen LogP contribution in [0.15, 0.2) is 72.8 Å². The van der Waals surface area contributed by atoms with Crippen LogP contribution < -0.4 is 16.0 Å². The molecule has 5 atom stereocenters. The summed E-state index contributed by atoms with van der Waals surface area (Å²) in [6.07, 6.45) is 3.46.